The molecule has 0 aliphatic carbocycles. The minimum Gasteiger partial charge on any atom is -0.237 e. The number of aromatic nitrogens is 4. The molecule has 4 heteroatoms. The first-order valence-corrected chi connectivity index (χ1v) is 14.8. The van der Waals surface area contributed by atoms with E-state index in [1.807, 2.05) is 0 Å². The van der Waals surface area contributed by atoms with E-state index in [-0.39, 0.29) is 0 Å². The van der Waals surface area contributed by atoms with Gasteiger partial charge in [-0.1, -0.05) is 87.4 Å². The van der Waals surface area contributed by atoms with Crippen LogP contribution >= 0.6 is 0 Å². The molecule has 0 radical (unpaired) electrons. The van der Waals surface area contributed by atoms with E-state index < -0.39 is 0 Å². The molecule has 0 amide bonds. The van der Waals surface area contributed by atoms with Crippen molar-refractivity contribution < 1.29 is 9.13 Å². The van der Waals surface area contributed by atoms with Crippen LogP contribution in [0.25, 0.3) is 32.7 Å². The summed E-state index contributed by atoms with van der Waals surface area (Å²) >= 11 is 0. The third-order valence-electron chi connectivity index (χ3n) is 8.02. The van der Waals surface area contributed by atoms with Gasteiger partial charge in [0.2, 0.25) is 12.7 Å². The predicted octanol–water partition coefficient (Wildman–Crippen LogP) is 7.53. The molecule has 0 fully saturated rings. The molecule has 40 heavy (non-hydrogen) atoms. The van der Waals surface area contributed by atoms with Crippen LogP contribution in [0, 0.1) is 0 Å². The summed E-state index contributed by atoms with van der Waals surface area (Å²) in [4.78, 5) is 0. The van der Waals surface area contributed by atoms with E-state index in [0.717, 1.165) is 26.2 Å². The quantitative estimate of drug-likeness (QED) is 0.155. The van der Waals surface area contributed by atoms with E-state index in [1.165, 1.54) is 69.5 Å². The fraction of sp³-hybridized carbons (Fsp3) is 0.278. The zero-order valence-electron chi connectivity index (χ0n) is 23.8. The van der Waals surface area contributed by atoms with Crippen molar-refractivity contribution in [2.75, 3.05) is 0 Å². The Morgan fingerprint density at radius 1 is 0.575 bits per heavy atom. The van der Waals surface area contributed by atoms with Crippen molar-refractivity contribution in [3.8, 4) is 11.1 Å². The molecule has 0 unspecified atom stereocenters. The molecule has 4 nitrogen and oxygen atoms in total. The normalized spacial score (nSPS) is 11.6. The van der Waals surface area contributed by atoms with E-state index in [9.17, 15) is 0 Å². The molecule has 2 heterocycles. The van der Waals surface area contributed by atoms with Crippen LogP contribution in [0.15, 0.2) is 110 Å². The van der Waals surface area contributed by atoms with Gasteiger partial charge in [0.25, 0.3) is 0 Å². The second-order valence-corrected chi connectivity index (χ2v) is 11.1. The van der Waals surface area contributed by atoms with Gasteiger partial charge >= 0.3 is 0 Å². The van der Waals surface area contributed by atoms with Crippen LogP contribution in [-0.2, 0) is 26.2 Å². The molecule has 0 N–H and O–H groups in total. The van der Waals surface area contributed by atoms with Crippen molar-refractivity contribution in [3.05, 3.63) is 121 Å². The summed E-state index contributed by atoms with van der Waals surface area (Å²) in [7, 11) is 0. The number of benzene rings is 4. The summed E-state index contributed by atoms with van der Waals surface area (Å²) in [5.74, 6) is 0. The maximum absolute atomic E-state index is 2.38. The Hall–Kier alpha value is -4.18. The van der Waals surface area contributed by atoms with Crippen LogP contribution in [0.2, 0.25) is 0 Å². The van der Waals surface area contributed by atoms with Crippen molar-refractivity contribution in [1.82, 2.24) is 9.13 Å². The molecule has 6 rings (SSSR count). The van der Waals surface area contributed by atoms with Crippen LogP contribution < -0.4 is 9.13 Å². The zero-order valence-corrected chi connectivity index (χ0v) is 23.8. The van der Waals surface area contributed by atoms with E-state index >= 15 is 0 Å². The monoisotopic (exact) mass is 528 g/mol. The van der Waals surface area contributed by atoms with Gasteiger partial charge in [-0.25, -0.2) is 18.3 Å². The lowest BCUT2D eigenvalue weighted by Crippen LogP contribution is -2.31. The first-order valence-electron chi connectivity index (χ1n) is 14.8. The highest BCUT2D eigenvalue weighted by Crippen LogP contribution is 2.30. The summed E-state index contributed by atoms with van der Waals surface area (Å²) < 4.78 is 9.19. The molecular weight excluding hydrogens is 488 g/mol. The first kappa shape index (κ1) is 26.1. The SMILES string of the molecule is CCCCn1cc[n+](Cc2cccc3ccc(-c4ccc5cccc(C[n+]6ccn(CCCC)c6)c5c4)cc23)c1. The van der Waals surface area contributed by atoms with Crippen molar-refractivity contribution in [2.45, 2.75) is 65.7 Å². The molecule has 0 saturated carbocycles. The smallest absolute Gasteiger partial charge is 0.237 e. The molecule has 202 valence electrons. The van der Waals surface area contributed by atoms with Crippen molar-refractivity contribution >= 4 is 21.5 Å². The second kappa shape index (κ2) is 11.9. The minimum absolute atomic E-state index is 0.872. The van der Waals surface area contributed by atoms with Crippen LogP contribution in [0.1, 0.15) is 50.7 Å². The van der Waals surface area contributed by atoms with Gasteiger partial charge in [0, 0.05) is 11.1 Å². The molecule has 2 aromatic heterocycles. The van der Waals surface area contributed by atoms with Crippen LogP contribution in [0.4, 0.5) is 0 Å². The van der Waals surface area contributed by atoms with Gasteiger partial charge in [-0.3, -0.25) is 0 Å². The van der Waals surface area contributed by atoms with E-state index in [2.05, 4.69) is 142 Å². The van der Waals surface area contributed by atoms with Crippen LogP contribution in [0.3, 0.4) is 0 Å². The number of hydrogen-bond donors (Lipinski definition) is 0. The molecule has 6 aromatic rings. The van der Waals surface area contributed by atoms with Gasteiger partial charge in [-0.2, -0.15) is 0 Å². The molecule has 0 aliphatic rings. The Labute approximate surface area is 237 Å². The molecule has 0 spiro atoms. The van der Waals surface area contributed by atoms with Crippen molar-refractivity contribution in [3.63, 3.8) is 0 Å². The molecule has 0 atom stereocenters. The number of imidazole rings is 2. The maximum atomic E-state index is 2.38. The summed E-state index contributed by atoms with van der Waals surface area (Å²) in [6.07, 6.45) is 18.1. The van der Waals surface area contributed by atoms with Gasteiger partial charge in [-0.15, -0.1) is 0 Å². The number of rotatable bonds is 11. The molecule has 0 saturated heterocycles. The maximum Gasteiger partial charge on any atom is 0.244 e. The third kappa shape index (κ3) is 5.72. The van der Waals surface area contributed by atoms with Gasteiger partial charge in [0.1, 0.15) is 37.9 Å². The van der Waals surface area contributed by atoms with Crippen LogP contribution in [0.5, 0.6) is 0 Å². The molecule has 4 aromatic carbocycles. The van der Waals surface area contributed by atoms with E-state index in [1.54, 1.807) is 0 Å². The van der Waals surface area contributed by atoms with Gasteiger partial charge < -0.3 is 0 Å². The lowest BCUT2D eigenvalue weighted by atomic mass is 9.95. The highest BCUT2D eigenvalue weighted by Gasteiger charge is 2.11. The Kier molecular flexibility index (Phi) is 7.76. The summed E-state index contributed by atoms with van der Waals surface area (Å²) in [5.41, 5.74) is 5.23. The Balaban J connectivity index is 1.31. The zero-order chi connectivity index (χ0) is 27.3. The average molecular weight is 529 g/mol. The summed E-state index contributed by atoms with van der Waals surface area (Å²) in [6, 6.07) is 27.2. The largest absolute Gasteiger partial charge is 0.244 e. The fourth-order valence-electron chi connectivity index (χ4n) is 5.71. The highest BCUT2D eigenvalue weighted by molar-refractivity contribution is 5.93. The lowest BCUT2D eigenvalue weighted by Gasteiger charge is -2.11. The van der Waals surface area contributed by atoms with E-state index in [4.69, 9.17) is 0 Å². The van der Waals surface area contributed by atoms with Gasteiger partial charge in [0.15, 0.2) is 0 Å². The number of fused-ring (bicyclic) bond motifs is 2. The Morgan fingerprint density at radius 3 is 1.50 bits per heavy atom. The predicted molar refractivity (Wildman–Crippen MR) is 164 cm³/mol. The van der Waals surface area contributed by atoms with Crippen molar-refractivity contribution in [1.29, 1.82) is 0 Å². The standard InChI is InChI=1S/C36H40N4/c1-3-5-17-37-19-21-39(27-37)25-33-11-7-9-29-13-15-31(23-35(29)33)32-16-14-30-10-8-12-34(36(30)24-32)26-40-22-20-38(28-40)18-6-4-2/h7-16,19-24,27-28H,3-6,17-18,25-26H2,1-2H3/q+2. The number of nitrogens with zero attached hydrogens (tertiary/aromatic N) is 4. The third-order valence-corrected chi connectivity index (χ3v) is 8.02. The number of aryl methyl sites for hydroxylation is 2. The minimum atomic E-state index is 0.872. The molecule has 0 aliphatic heterocycles. The molecule has 0 bridgehead atoms. The Morgan fingerprint density at radius 2 is 1.05 bits per heavy atom. The van der Waals surface area contributed by atoms with E-state index in [0.29, 0.717) is 0 Å². The van der Waals surface area contributed by atoms with Gasteiger partial charge in [-0.05, 0) is 57.6 Å². The number of hydrogen-bond acceptors (Lipinski definition) is 0. The topological polar surface area (TPSA) is 17.6 Å². The number of unbranched alkanes of at least 4 members (excludes halogenated alkanes) is 2. The first-order chi connectivity index (χ1) is 19.7. The summed E-state index contributed by atoms with van der Waals surface area (Å²) in [6.45, 7) is 8.39. The summed E-state index contributed by atoms with van der Waals surface area (Å²) in [5, 5.41) is 5.23. The van der Waals surface area contributed by atoms with Gasteiger partial charge in [0.05, 0.1) is 13.1 Å². The molecular formula is C36H40N4+2. The second-order valence-electron chi connectivity index (χ2n) is 11.1. The lowest BCUT2D eigenvalue weighted by molar-refractivity contribution is -0.687. The van der Waals surface area contributed by atoms with Crippen LogP contribution in [-0.4, -0.2) is 9.13 Å². The average Bonchev–Trinajstić information content (AvgIpc) is 3.64. The Bertz CT molecular complexity index is 1610. The fourth-order valence-corrected chi connectivity index (χ4v) is 5.71. The van der Waals surface area contributed by atoms with Crippen molar-refractivity contribution in [2.24, 2.45) is 0 Å². The highest BCUT2D eigenvalue weighted by atomic mass is 15.1.